The van der Waals surface area contributed by atoms with Gasteiger partial charge in [0, 0.05) is 4.47 Å². The number of carbonyl (C=O) groups excluding carboxylic acids is 1. The van der Waals surface area contributed by atoms with Crippen LogP contribution in [0.3, 0.4) is 0 Å². The van der Waals surface area contributed by atoms with Crippen LogP contribution < -0.4 is 10.6 Å². The second kappa shape index (κ2) is 6.91. The number of aliphatic carboxylic acids is 1. The molecular formula is C13H14BrN3O3. The molecule has 1 aromatic rings. The number of halogens is 1. The summed E-state index contributed by atoms with van der Waals surface area (Å²) in [4.78, 5) is 22.8. The van der Waals surface area contributed by atoms with Crippen molar-refractivity contribution in [2.45, 2.75) is 19.9 Å². The monoisotopic (exact) mass is 339 g/mol. The first-order valence-corrected chi connectivity index (χ1v) is 6.64. The number of hydrogen-bond donors (Lipinski definition) is 3. The summed E-state index contributed by atoms with van der Waals surface area (Å²) in [5.41, 5.74) is 0.905. The summed E-state index contributed by atoms with van der Waals surface area (Å²) in [6.45, 7) is 3.41. The Morgan fingerprint density at radius 2 is 2.05 bits per heavy atom. The molecule has 0 heterocycles. The molecule has 0 aliphatic rings. The number of carbonyl (C=O) groups is 2. The fourth-order valence-electron chi connectivity index (χ4n) is 1.50. The number of anilines is 1. The minimum atomic E-state index is -1.09. The third kappa shape index (κ3) is 4.24. The largest absolute Gasteiger partial charge is 0.480 e. The molecular weight excluding hydrogens is 326 g/mol. The van der Waals surface area contributed by atoms with E-state index < -0.39 is 18.0 Å². The predicted molar refractivity (Wildman–Crippen MR) is 77.3 cm³/mol. The molecule has 1 rings (SSSR count). The van der Waals surface area contributed by atoms with E-state index in [1.54, 1.807) is 32.0 Å². The predicted octanol–water partition coefficient (Wildman–Crippen LogP) is 2.55. The molecule has 0 aliphatic heterocycles. The smallest absolute Gasteiger partial charge is 0.326 e. The van der Waals surface area contributed by atoms with Crippen LogP contribution >= 0.6 is 15.9 Å². The van der Waals surface area contributed by atoms with Gasteiger partial charge in [-0.1, -0.05) is 13.8 Å². The van der Waals surface area contributed by atoms with E-state index in [1.807, 2.05) is 6.07 Å². The van der Waals surface area contributed by atoms with Crippen molar-refractivity contribution >= 4 is 33.6 Å². The van der Waals surface area contributed by atoms with E-state index in [0.717, 1.165) is 0 Å². The first kappa shape index (κ1) is 16.0. The number of carboxylic acid groups (broad SMARTS) is 1. The van der Waals surface area contributed by atoms with Gasteiger partial charge in [-0.25, -0.2) is 9.59 Å². The molecule has 1 atom stereocenters. The molecule has 0 radical (unpaired) electrons. The van der Waals surface area contributed by atoms with Crippen molar-refractivity contribution < 1.29 is 14.7 Å². The molecule has 0 fully saturated rings. The lowest BCUT2D eigenvalue weighted by Crippen LogP contribution is -2.46. The molecule has 3 N–H and O–H groups in total. The zero-order valence-corrected chi connectivity index (χ0v) is 12.6. The molecule has 106 valence electrons. The van der Waals surface area contributed by atoms with Gasteiger partial charge in [0.1, 0.15) is 6.04 Å². The first-order valence-electron chi connectivity index (χ1n) is 5.85. The second-order valence-corrected chi connectivity index (χ2v) is 5.32. The van der Waals surface area contributed by atoms with Gasteiger partial charge in [0.05, 0.1) is 17.3 Å². The molecule has 2 amide bonds. The maximum atomic E-state index is 11.8. The maximum Gasteiger partial charge on any atom is 0.326 e. The van der Waals surface area contributed by atoms with E-state index in [0.29, 0.717) is 15.7 Å². The number of nitriles is 1. The molecule has 20 heavy (non-hydrogen) atoms. The molecule has 0 unspecified atom stereocenters. The first-order chi connectivity index (χ1) is 9.35. The van der Waals surface area contributed by atoms with Crippen LogP contribution in [-0.2, 0) is 4.79 Å². The Balaban J connectivity index is 2.76. The van der Waals surface area contributed by atoms with Crippen LogP contribution in [0, 0.1) is 17.2 Å². The van der Waals surface area contributed by atoms with Crippen molar-refractivity contribution in [1.29, 1.82) is 5.26 Å². The number of nitrogens with zero attached hydrogens (tertiary/aromatic N) is 1. The number of hydrogen-bond acceptors (Lipinski definition) is 3. The standard InChI is InChI=1S/C13H14BrN3O3/c1-7(2)11(12(18)19)17-13(20)16-10-4-3-8(6-15)5-9(10)14/h3-5,7,11H,1-2H3,(H,18,19)(H2,16,17,20)/t11-/m0/s1. The summed E-state index contributed by atoms with van der Waals surface area (Å²) in [5.74, 6) is -1.32. The van der Waals surface area contributed by atoms with Crippen LogP contribution in [0.15, 0.2) is 22.7 Å². The molecule has 0 aromatic heterocycles. The van der Waals surface area contributed by atoms with Gasteiger partial charge in [0.25, 0.3) is 0 Å². The summed E-state index contributed by atoms with van der Waals surface area (Å²) in [6, 6.07) is 5.07. The van der Waals surface area contributed by atoms with Crippen molar-refractivity contribution in [3.63, 3.8) is 0 Å². The Kier molecular flexibility index (Phi) is 5.53. The average molecular weight is 340 g/mol. The van der Waals surface area contributed by atoms with Gasteiger partial charge in [-0.2, -0.15) is 5.26 Å². The van der Waals surface area contributed by atoms with E-state index >= 15 is 0 Å². The summed E-state index contributed by atoms with van der Waals surface area (Å²) in [6.07, 6.45) is 0. The van der Waals surface area contributed by atoms with E-state index in [1.165, 1.54) is 0 Å². The molecule has 7 heteroatoms. The molecule has 0 saturated carbocycles. The minimum absolute atomic E-state index is 0.234. The van der Waals surface area contributed by atoms with Crippen LogP contribution in [0.2, 0.25) is 0 Å². The summed E-state index contributed by atoms with van der Waals surface area (Å²) in [5, 5.41) is 22.7. The number of nitrogens with one attached hydrogen (secondary N) is 2. The fourth-order valence-corrected chi connectivity index (χ4v) is 1.98. The van der Waals surface area contributed by atoms with Crippen LogP contribution in [-0.4, -0.2) is 23.1 Å². The summed E-state index contributed by atoms with van der Waals surface area (Å²) >= 11 is 3.23. The number of urea groups is 1. The zero-order valence-electron chi connectivity index (χ0n) is 11.0. The molecule has 1 aromatic carbocycles. The zero-order chi connectivity index (χ0) is 15.3. The highest BCUT2D eigenvalue weighted by Crippen LogP contribution is 2.23. The van der Waals surface area contributed by atoms with E-state index in [2.05, 4.69) is 26.6 Å². The second-order valence-electron chi connectivity index (χ2n) is 4.46. The topological polar surface area (TPSA) is 102 Å². The van der Waals surface area contributed by atoms with Gasteiger partial charge in [-0.05, 0) is 40.0 Å². The van der Waals surface area contributed by atoms with E-state index in [-0.39, 0.29) is 5.92 Å². The lowest BCUT2D eigenvalue weighted by atomic mass is 10.1. The molecule has 0 bridgehead atoms. The Morgan fingerprint density at radius 3 is 2.50 bits per heavy atom. The van der Waals surface area contributed by atoms with Gasteiger partial charge in [-0.15, -0.1) is 0 Å². The fraction of sp³-hybridized carbons (Fsp3) is 0.308. The van der Waals surface area contributed by atoms with E-state index in [9.17, 15) is 9.59 Å². The number of carboxylic acids is 1. The van der Waals surface area contributed by atoms with Crippen LogP contribution in [0.4, 0.5) is 10.5 Å². The highest BCUT2D eigenvalue weighted by Gasteiger charge is 2.23. The molecule has 0 saturated heterocycles. The maximum absolute atomic E-state index is 11.8. The minimum Gasteiger partial charge on any atom is -0.480 e. The van der Waals surface area contributed by atoms with Crippen LogP contribution in [0.5, 0.6) is 0 Å². The SMILES string of the molecule is CC(C)[C@H](NC(=O)Nc1ccc(C#N)cc1Br)C(=O)O. The highest BCUT2D eigenvalue weighted by atomic mass is 79.9. The van der Waals surface area contributed by atoms with Crippen molar-refractivity contribution in [2.75, 3.05) is 5.32 Å². The average Bonchev–Trinajstić information content (AvgIpc) is 2.37. The Hall–Kier alpha value is -2.07. The van der Waals surface area contributed by atoms with Gasteiger partial charge in [-0.3, -0.25) is 0 Å². The Labute approximate surface area is 124 Å². The summed E-state index contributed by atoms with van der Waals surface area (Å²) in [7, 11) is 0. The molecule has 6 nitrogen and oxygen atoms in total. The van der Waals surface area contributed by atoms with Gasteiger partial charge in [0.15, 0.2) is 0 Å². The Bertz CT molecular complexity index is 566. The lowest BCUT2D eigenvalue weighted by Gasteiger charge is -2.18. The number of rotatable bonds is 4. The van der Waals surface area contributed by atoms with Crippen molar-refractivity contribution in [3.8, 4) is 6.07 Å². The Morgan fingerprint density at radius 1 is 1.40 bits per heavy atom. The number of benzene rings is 1. The van der Waals surface area contributed by atoms with Crippen molar-refractivity contribution in [2.24, 2.45) is 5.92 Å². The van der Waals surface area contributed by atoms with Gasteiger partial charge >= 0.3 is 12.0 Å². The van der Waals surface area contributed by atoms with Crippen molar-refractivity contribution in [3.05, 3.63) is 28.2 Å². The van der Waals surface area contributed by atoms with Gasteiger partial charge < -0.3 is 15.7 Å². The van der Waals surface area contributed by atoms with Crippen LogP contribution in [0.1, 0.15) is 19.4 Å². The van der Waals surface area contributed by atoms with Crippen LogP contribution in [0.25, 0.3) is 0 Å². The third-order valence-electron chi connectivity index (χ3n) is 2.57. The van der Waals surface area contributed by atoms with Crippen molar-refractivity contribution in [1.82, 2.24) is 5.32 Å². The lowest BCUT2D eigenvalue weighted by molar-refractivity contribution is -0.140. The normalized spacial score (nSPS) is 11.6. The van der Waals surface area contributed by atoms with E-state index in [4.69, 9.17) is 10.4 Å². The van der Waals surface area contributed by atoms with Gasteiger partial charge in [0.2, 0.25) is 0 Å². The molecule has 0 spiro atoms. The molecule has 0 aliphatic carbocycles. The summed E-state index contributed by atoms with van der Waals surface area (Å²) < 4.78 is 0.545. The quantitative estimate of drug-likeness (QED) is 0.784. The highest BCUT2D eigenvalue weighted by molar-refractivity contribution is 9.10. The number of amides is 2. The third-order valence-corrected chi connectivity index (χ3v) is 3.22.